The molecule has 1 N–H and O–H groups in total. The predicted molar refractivity (Wildman–Crippen MR) is 85.7 cm³/mol. The van der Waals surface area contributed by atoms with Crippen molar-refractivity contribution in [2.45, 2.75) is 31.9 Å². The van der Waals surface area contributed by atoms with Gasteiger partial charge in [0.05, 0.1) is 7.11 Å². The Hall–Kier alpha value is -1.10. The zero-order valence-electron chi connectivity index (χ0n) is 13.9. The molecule has 1 aromatic carbocycles. The molecule has 1 aliphatic rings. The van der Waals surface area contributed by atoms with Gasteiger partial charge < -0.3 is 9.84 Å². The van der Waals surface area contributed by atoms with Crippen LogP contribution in [0.25, 0.3) is 0 Å². The number of methoxy groups -OCH3 is 1. The Morgan fingerprint density at radius 1 is 1.33 bits per heavy atom. The van der Waals surface area contributed by atoms with Crippen LogP contribution >= 0.6 is 0 Å². The van der Waals surface area contributed by atoms with Gasteiger partial charge in [0.25, 0.3) is 0 Å². The van der Waals surface area contributed by atoms with E-state index in [2.05, 4.69) is 43.7 Å². The second kappa shape index (κ2) is 5.95. The van der Waals surface area contributed by atoms with Gasteiger partial charge in [0.1, 0.15) is 11.4 Å². The quantitative estimate of drug-likeness (QED) is 0.869. The van der Waals surface area contributed by atoms with Crippen LogP contribution in [0.4, 0.5) is 0 Å². The third-order valence-electron chi connectivity index (χ3n) is 4.73. The van der Waals surface area contributed by atoms with Crippen LogP contribution in [0.2, 0.25) is 0 Å². The van der Waals surface area contributed by atoms with Crippen molar-refractivity contribution in [2.24, 2.45) is 0 Å². The van der Waals surface area contributed by atoms with Crippen molar-refractivity contribution in [2.75, 3.05) is 40.3 Å². The number of benzene rings is 1. The van der Waals surface area contributed by atoms with Crippen LogP contribution in [0.1, 0.15) is 26.3 Å². The molecule has 1 fully saturated rings. The second-order valence-corrected chi connectivity index (χ2v) is 6.64. The number of para-hydroxylation sites is 1. The van der Waals surface area contributed by atoms with Crippen LogP contribution in [-0.4, -0.2) is 60.8 Å². The number of rotatable bonds is 6. The molecule has 4 nitrogen and oxygen atoms in total. The average molecular weight is 292 g/mol. The molecule has 0 amide bonds. The van der Waals surface area contributed by atoms with Crippen LogP contribution < -0.4 is 4.74 Å². The Bertz CT molecular complexity index is 481. The van der Waals surface area contributed by atoms with Crippen LogP contribution in [-0.2, 0) is 5.54 Å². The van der Waals surface area contributed by atoms with Crippen LogP contribution in [0, 0.1) is 0 Å². The molecule has 1 aliphatic heterocycles. The van der Waals surface area contributed by atoms with Crippen molar-refractivity contribution in [1.29, 1.82) is 0 Å². The molecule has 1 saturated heterocycles. The highest BCUT2D eigenvalue weighted by Crippen LogP contribution is 2.35. The molecule has 0 spiro atoms. The summed E-state index contributed by atoms with van der Waals surface area (Å²) in [7, 11) is 3.77. The summed E-state index contributed by atoms with van der Waals surface area (Å²) in [6.07, 6.45) is 0. The first-order valence-corrected chi connectivity index (χ1v) is 7.62. The molecule has 0 bridgehead atoms. The fraction of sp³-hybridized carbons (Fsp3) is 0.647. The fourth-order valence-electron chi connectivity index (χ4n) is 3.10. The standard InChI is InChI=1S/C17H28N2O2/c1-6-19-12-17(20,13-19)11-18(4)16(2,3)14-9-7-8-10-15(14)21-5/h7-10,20H,6,11-13H2,1-5H3. The number of hydrogen-bond donors (Lipinski definition) is 1. The Labute approximate surface area is 128 Å². The minimum absolute atomic E-state index is 0.199. The van der Waals surface area contributed by atoms with E-state index in [-0.39, 0.29) is 5.54 Å². The number of likely N-dealkylation sites (tertiary alicyclic amines) is 1. The fourth-order valence-corrected chi connectivity index (χ4v) is 3.10. The molecule has 2 rings (SSSR count). The van der Waals surface area contributed by atoms with E-state index in [9.17, 15) is 5.11 Å². The molecule has 4 heteroatoms. The van der Waals surface area contributed by atoms with E-state index < -0.39 is 5.60 Å². The molecule has 0 aliphatic carbocycles. The average Bonchev–Trinajstić information content (AvgIpc) is 2.44. The number of nitrogens with zero attached hydrogens (tertiary/aromatic N) is 2. The number of ether oxygens (including phenoxy) is 1. The van der Waals surface area contributed by atoms with E-state index in [4.69, 9.17) is 4.74 Å². The Kier molecular flexibility index (Phi) is 4.61. The highest BCUT2D eigenvalue weighted by molar-refractivity contribution is 5.38. The summed E-state index contributed by atoms with van der Waals surface area (Å²) >= 11 is 0. The Balaban J connectivity index is 2.12. The van der Waals surface area contributed by atoms with Crippen LogP contribution in [0.3, 0.4) is 0 Å². The predicted octanol–water partition coefficient (Wildman–Crippen LogP) is 1.93. The first kappa shape index (κ1) is 16.3. The summed E-state index contributed by atoms with van der Waals surface area (Å²) in [5, 5.41) is 10.6. The highest BCUT2D eigenvalue weighted by atomic mass is 16.5. The minimum Gasteiger partial charge on any atom is -0.496 e. The highest BCUT2D eigenvalue weighted by Gasteiger charge is 2.43. The third kappa shape index (κ3) is 3.23. The van der Waals surface area contributed by atoms with E-state index in [1.165, 1.54) is 0 Å². The SMILES string of the molecule is CCN1CC(O)(CN(C)C(C)(C)c2ccccc2OC)C1. The van der Waals surface area contributed by atoms with Gasteiger partial charge in [-0.2, -0.15) is 0 Å². The van der Waals surface area contributed by atoms with Crippen molar-refractivity contribution < 1.29 is 9.84 Å². The molecule has 1 aromatic rings. The molecule has 0 radical (unpaired) electrons. The maximum absolute atomic E-state index is 10.6. The monoisotopic (exact) mass is 292 g/mol. The number of hydrogen-bond acceptors (Lipinski definition) is 4. The molecule has 0 unspecified atom stereocenters. The summed E-state index contributed by atoms with van der Waals surface area (Å²) in [6.45, 7) is 9.65. The topological polar surface area (TPSA) is 35.9 Å². The van der Waals surface area contributed by atoms with Gasteiger partial charge in [-0.15, -0.1) is 0 Å². The van der Waals surface area contributed by atoms with Crippen molar-refractivity contribution in [3.63, 3.8) is 0 Å². The zero-order valence-corrected chi connectivity index (χ0v) is 13.9. The molecule has 0 saturated carbocycles. The molecule has 118 valence electrons. The van der Waals surface area contributed by atoms with Gasteiger partial charge in [-0.05, 0) is 33.5 Å². The van der Waals surface area contributed by atoms with Crippen molar-refractivity contribution >= 4 is 0 Å². The second-order valence-electron chi connectivity index (χ2n) is 6.64. The van der Waals surface area contributed by atoms with Gasteiger partial charge in [0.15, 0.2) is 0 Å². The molecule has 0 aromatic heterocycles. The molecular weight excluding hydrogens is 264 g/mol. The first-order valence-electron chi connectivity index (χ1n) is 7.62. The minimum atomic E-state index is -0.593. The van der Waals surface area contributed by atoms with Gasteiger partial charge in [-0.25, -0.2) is 0 Å². The van der Waals surface area contributed by atoms with E-state index >= 15 is 0 Å². The van der Waals surface area contributed by atoms with Crippen LogP contribution in [0.5, 0.6) is 5.75 Å². The molecule has 1 heterocycles. The maximum atomic E-state index is 10.6. The zero-order chi connectivity index (χ0) is 15.7. The summed E-state index contributed by atoms with van der Waals surface area (Å²) in [4.78, 5) is 4.47. The summed E-state index contributed by atoms with van der Waals surface area (Å²) in [5.41, 5.74) is 0.351. The van der Waals surface area contributed by atoms with Crippen molar-refractivity contribution in [3.8, 4) is 5.75 Å². The largest absolute Gasteiger partial charge is 0.496 e. The lowest BCUT2D eigenvalue weighted by atomic mass is 9.87. The van der Waals surface area contributed by atoms with Gasteiger partial charge in [-0.3, -0.25) is 9.80 Å². The van der Waals surface area contributed by atoms with E-state index in [1.54, 1.807) is 7.11 Å². The van der Waals surface area contributed by atoms with Gasteiger partial charge >= 0.3 is 0 Å². The lowest BCUT2D eigenvalue weighted by molar-refractivity contribution is -0.119. The lowest BCUT2D eigenvalue weighted by Gasteiger charge is -2.50. The number of likely N-dealkylation sites (N-methyl/N-ethyl adjacent to an activating group) is 2. The van der Waals surface area contributed by atoms with Crippen LogP contribution in [0.15, 0.2) is 24.3 Å². The number of β-amino-alcohol motifs (C(OH)–C–C–N with tert-alkyl or cyclic N) is 1. The van der Waals surface area contributed by atoms with E-state index in [1.807, 2.05) is 18.2 Å². The lowest BCUT2D eigenvalue weighted by Crippen LogP contribution is -2.66. The normalized spacial score (nSPS) is 18.6. The van der Waals surface area contributed by atoms with Crippen molar-refractivity contribution in [3.05, 3.63) is 29.8 Å². The van der Waals surface area contributed by atoms with Gasteiger partial charge in [0.2, 0.25) is 0 Å². The van der Waals surface area contributed by atoms with Gasteiger partial charge in [0, 0.05) is 30.7 Å². The summed E-state index contributed by atoms with van der Waals surface area (Å²) < 4.78 is 5.49. The van der Waals surface area contributed by atoms with Crippen molar-refractivity contribution in [1.82, 2.24) is 9.80 Å². The summed E-state index contributed by atoms with van der Waals surface area (Å²) in [5.74, 6) is 0.894. The molecule has 21 heavy (non-hydrogen) atoms. The van der Waals surface area contributed by atoms with E-state index in [0.29, 0.717) is 6.54 Å². The van der Waals surface area contributed by atoms with Gasteiger partial charge in [-0.1, -0.05) is 25.1 Å². The molecular formula is C17H28N2O2. The maximum Gasteiger partial charge on any atom is 0.123 e. The Morgan fingerprint density at radius 3 is 2.52 bits per heavy atom. The van der Waals surface area contributed by atoms with E-state index in [0.717, 1.165) is 30.9 Å². The number of aliphatic hydroxyl groups is 1. The smallest absolute Gasteiger partial charge is 0.123 e. The third-order valence-corrected chi connectivity index (χ3v) is 4.73. The Morgan fingerprint density at radius 2 is 1.95 bits per heavy atom. The first-order chi connectivity index (χ1) is 9.82. The summed E-state index contributed by atoms with van der Waals surface area (Å²) in [6, 6.07) is 8.10. The molecule has 0 atom stereocenters.